The van der Waals surface area contributed by atoms with Crippen molar-refractivity contribution in [3.05, 3.63) is 437 Å². The number of nitrogens with zero attached hydrogens (tertiary/aromatic N) is 12. The molecule has 0 saturated carbocycles. The summed E-state index contributed by atoms with van der Waals surface area (Å²) in [4.78, 5) is 58.8. The van der Waals surface area contributed by atoms with Gasteiger partial charge in [0.1, 0.15) is 0 Å². The third-order valence-corrected chi connectivity index (χ3v) is 20.9. The van der Waals surface area contributed by atoms with E-state index < -0.39 is 0 Å². The van der Waals surface area contributed by atoms with E-state index in [1.807, 2.05) is 176 Å². The molecule has 0 N–H and O–H groups in total. The molecule has 0 spiro atoms. The lowest BCUT2D eigenvalue weighted by atomic mass is 9.98. The standard InChI is InChI=1S/2C54H36N6/c1-4-13-37(14-5-1)39-24-30-44(31-25-39)53-58-52(43-17-8-3-9-18-43)59-54(60-53)45-32-26-41(27-33-45)40-22-28-42(29-23-40)47-20-12-21-49(56-47)51-36-46(38-15-6-2-7-16-38)35-50(57-51)48-19-10-11-34-55-48;1-4-12-37(13-5-1)39-23-27-44(28-24-39)53-58-52(43-16-8-3-9-17-43)59-54(60-53)45-29-25-41(26-30-45)40-19-21-42(22-20-40)46-31-33-56-49(34-46)51-36-47(38-14-6-2-7-15-38)35-50(57-51)48-18-10-11-32-55-48/h2*1-36H. The number of hydrogen-bond acceptors (Lipinski definition) is 12. The summed E-state index contributed by atoms with van der Waals surface area (Å²) in [6.07, 6.45) is 5.44. The Kier molecular flexibility index (Phi) is 21.1. The molecule has 0 unspecified atom stereocenters. The minimum Gasteiger partial charge on any atom is -0.255 e. The zero-order chi connectivity index (χ0) is 80.2. The molecule has 12 aromatic carbocycles. The van der Waals surface area contributed by atoms with Gasteiger partial charge in [0.25, 0.3) is 0 Å². The molecule has 0 atom stereocenters. The first kappa shape index (κ1) is 73.7. The molecular weight excluding hydrogens is 1470 g/mol. The van der Waals surface area contributed by atoms with Crippen LogP contribution in [-0.2, 0) is 0 Å². The zero-order valence-electron chi connectivity index (χ0n) is 64.9. The van der Waals surface area contributed by atoms with Crippen LogP contribution in [0.1, 0.15) is 0 Å². The first-order chi connectivity index (χ1) is 59.4. The minimum atomic E-state index is 0.620. The highest BCUT2D eigenvalue weighted by Crippen LogP contribution is 2.37. The van der Waals surface area contributed by atoms with Crippen LogP contribution in [-0.4, -0.2) is 59.8 Å². The summed E-state index contributed by atoms with van der Waals surface area (Å²) in [7, 11) is 0. The minimum absolute atomic E-state index is 0.620. The van der Waals surface area contributed by atoms with Crippen LogP contribution in [0.3, 0.4) is 0 Å². The van der Waals surface area contributed by atoms with E-state index in [1.165, 1.54) is 11.1 Å². The van der Waals surface area contributed by atoms with E-state index >= 15 is 0 Å². The first-order valence-corrected chi connectivity index (χ1v) is 39.7. The first-order valence-electron chi connectivity index (χ1n) is 39.7. The van der Waals surface area contributed by atoms with Gasteiger partial charge in [-0.15, -0.1) is 0 Å². The molecule has 20 aromatic rings. The third kappa shape index (κ3) is 16.8. The molecule has 20 rings (SSSR count). The summed E-state index contributed by atoms with van der Waals surface area (Å²) >= 11 is 0. The van der Waals surface area contributed by atoms with Gasteiger partial charge in [0, 0.05) is 57.5 Å². The van der Waals surface area contributed by atoms with Gasteiger partial charge in [0.15, 0.2) is 34.9 Å². The maximum absolute atomic E-state index is 5.10. The molecule has 8 heterocycles. The highest BCUT2D eigenvalue weighted by atomic mass is 15.0. The van der Waals surface area contributed by atoms with E-state index in [1.54, 1.807) is 12.4 Å². The Morgan fingerprint density at radius 2 is 0.308 bits per heavy atom. The van der Waals surface area contributed by atoms with Gasteiger partial charge < -0.3 is 0 Å². The number of pyridine rings is 6. The molecule has 12 nitrogen and oxygen atoms in total. The van der Waals surface area contributed by atoms with E-state index in [2.05, 4.69) is 259 Å². The van der Waals surface area contributed by atoms with E-state index in [-0.39, 0.29) is 0 Å². The van der Waals surface area contributed by atoms with Crippen LogP contribution < -0.4 is 0 Å². The Morgan fingerprint density at radius 1 is 0.100 bits per heavy atom. The van der Waals surface area contributed by atoms with Crippen molar-refractivity contribution in [1.82, 2.24) is 59.8 Å². The summed E-state index contributed by atoms with van der Waals surface area (Å²) in [5.41, 5.74) is 29.3. The largest absolute Gasteiger partial charge is 0.255 e. The fourth-order valence-corrected chi connectivity index (χ4v) is 14.6. The molecule has 0 aliphatic rings. The lowest BCUT2D eigenvalue weighted by Gasteiger charge is -2.11. The molecule has 0 fully saturated rings. The topological polar surface area (TPSA) is 155 Å². The van der Waals surface area contributed by atoms with Crippen molar-refractivity contribution in [2.45, 2.75) is 0 Å². The second-order valence-electron chi connectivity index (χ2n) is 28.8. The lowest BCUT2D eigenvalue weighted by Crippen LogP contribution is -2.00. The van der Waals surface area contributed by atoms with Crippen LogP contribution in [0.25, 0.3) is 203 Å². The van der Waals surface area contributed by atoms with E-state index in [0.717, 1.165) is 157 Å². The van der Waals surface area contributed by atoms with Crippen LogP contribution in [0, 0.1) is 0 Å². The van der Waals surface area contributed by atoms with Gasteiger partial charge >= 0.3 is 0 Å². The van der Waals surface area contributed by atoms with Gasteiger partial charge in [0.05, 0.1) is 51.2 Å². The Labute approximate surface area is 695 Å². The fraction of sp³-hybridized carbons (Fsp3) is 0. The lowest BCUT2D eigenvalue weighted by molar-refractivity contribution is 1.07. The summed E-state index contributed by atoms with van der Waals surface area (Å²) in [6.45, 7) is 0. The number of benzene rings is 12. The molecular formula is C108H72N12. The molecule has 0 aliphatic carbocycles. The maximum atomic E-state index is 5.10. The van der Waals surface area contributed by atoms with E-state index in [9.17, 15) is 0 Å². The summed E-state index contributed by atoms with van der Waals surface area (Å²) in [5.74, 6) is 3.77. The molecule has 12 heteroatoms. The fourth-order valence-electron chi connectivity index (χ4n) is 14.6. The van der Waals surface area contributed by atoms with Crippen molar-refractivity contribution in [1.29, 1.82) is 0 Å². The van der Waals surface area contributed by atoms with Crippen molar-refractivity contribution in [3.63, 3.8) is 0 Å². The monoisotopic (exact) mass is 1540 g/mol. The van der Waals surface area contributed by atoms with Gasteiger partial charge in [-0.2, -0.15) is 0 Å². The normalized spacial score (nSPS) is 11.0. The van der Waals surface area contributed by atoms with Gasteiger partial charge in [-0.3, -0.25) is 15.0 Å². The molecule has 0 amide bonds. The summed E-state index contributed by atoms with van der Waals surface area (Å²) in [6, 6.07) is 143. The second kappa shape index (κ2) is 34.3. The molecule has 0 aliphatic heterocycles. The van der Waals surface area contributed by atoms with Gasteiger partial charge in [0.2, 0.25) is 0 Å². The van der Waals surface area contributed by atoms with Crippen molar-refractivity contribution in [2.75, 3.05) is 0 Å². The molecule has 8 aromatic heterocycles. The third-order valence-electron chi connectivity index (χ3n) is 20.9. The smallest absolute Gasteiger partial charge is 0.164 e. The van der Waals surface area contributed by atoms with Crippen LogP contribution in [0.15, 0.2) is 437 Å². The van der Waals surface area contributed by atoms with Crippen molar-refractivity contribution in [3.8, 4) is 203 Å². The highest BCUT2D eigenvalue weighted by molar-refractivity contribution is 5.82. The Hall–Kier alpha value is -16.4. The molecule has 564 valence electrons. The number of rotatable bonds is 18. The zero-order valence-corrected chi connectivity index (χ0v) is 64.9. The predicted octanol–water partition coefficient (Wildman–Crippen LogP) is 26.1. The van der Waals surface area contributed by atoms with Crippen LogP contribution in [0.4, 0.5) is 0 Å². The molecule has 0 radical (unpaired) electrons. The van der Waals surface area contributed by atoms with Crippen molar-refractivity contribution >= 4 is 0 Å². The van der Waals surface area contributed by atoms with Crippen LogP contribution in [0.2, 0.25) is 0 Å². The van der Waals surface area contributed by atoms with Crippen LogP contribution in [0.5, 0.6) is 0 Å². The average Bonchev–Trinajstić information content (AvgIpc) is 0.803. The average molecular weight is 1540 g/mol. The van der Waals surface area contributed by atoms with Crippen LogP contribution >= 0.6 is 0 Å². The summed E-state index contributed by atoms with van der Waals surface area (Å²) in [5, 5.41) is 0. The van der Waals surface area contributed by atoms with E-state index in [4.69, 9.17) is 49.8 Å². The second-order valence-corrected chi connectivity index (χ2v) is 28.8. The molecule has 0 bridgehead atoms. The predicted molar refractivity (Wildman–Crippen MR) is 484 cm³/mol. The Bertz CT molecular complexity index is 6370. The molecule has 0 saturated heterocycles. The quantitative estimate of drug-likeness (QED) is 0.0803. The van der Waals surface area contributed by atoms with Crippen molar-refractivity contribution in [2.24, 2.45) is 0 Å². The van der Waals surface area contributed by atoms with Gasteiger partial charge in [-0.05, 0) is 151 Å². The number of hydrogen-bond donors (Lipinski definition) is 0. The summed E-state index contributed by atoms with van der Waals surface area (Å²) < 4.78 is 0. The van der Waals surface area contributed by atoms with Crippen molar-refractivity contribution < 1.29 is 0 Å². The SMILES string of the molecule is c1ccc(-c2ccc(-c3nc(-c4ccccc4)nc(-c4ccc(-c5ccc(-c6cccc(-c7cc(-c8ccccc8)cc(-c8ccccn8)n7)n6)cc5)cc4)n3)cc2)cc1.c1ccc(-c2ccc(-c3nc(-c4ccccc4)nc(-c4ccc(-c5ccc(-c6ccnc(-c7cc(-c8ccccc8)cc(-c8ccccn8)n7)c6)cc5)cc4)n3)cc2)cc1. The Balaban J connectivity index is 0.000000159. The number of aromatic nitrogens is 12. The maximum Gasteiger partial charge on any atom is 0.164 e. The highest BCUT2D eigenvalue weighted by Gasteiger charge is 2.19. The molecule has 120 heavy (non-hydrogen) atoms. The van der Waals surface area contributed by atoms with E-state index in [0.29, 0.717) is 34.9 Å². The van der Waals surface area contributed by atoms with Gasteiger partial charge in [-0.25, -0.2) is 44.9 Å². The Morgan fingerprint density at radius 3 is 0.625 bits per heavy atom. The van der Waals surface area contributed by atoms with Gasteiger partial charge in [-0.1, -0.05) is 346 Å².